The van der Waals surface area contributed by atoms with Gasteiger partial charge in [-0.3, -0.25) is 9.67 Å². The Balaban J connectivity index is 1.49. The highest BCUT2D eigenvalue weighted by atomic mass is 15.3. The first-order chi connectivity index (χ1) is 12.7. The third kappa shape index (κ3) is 2.77. The highest BCUT2D eigenvalue weighted by molar-refractivity contribution is 5.68. The molecule has 1 aromatic carbocycles. The van der Waals surface area contributed by atoms with Crippen molar-refractivity contribution in [2.45, 2.75) is 39.2 Å². The van der Waals surface area contributed by atoms with Crippen molar-refractivity contribution in [1.29, 1.82) is 0 Å². The molecule has 0 atom stereocenters. The molecule has 0 bridgehead atoms. The summed E-state index contributed by atoms with van der Waals surface area (Å²) in [6, 6.07) is 8.73. The molecule has 2 N–H and O–H groups in total. The molecule has 1 saturated carbocycles. The summed E-state index contributed by atoms with van der Waals surface area (Å²) in [5.74, 6) is 3.47. The van der Waals surface area contributed by atoms with Gasteiger partial charge in [0.25, 0.3) is 0 Å². The molecule has 0 amide bonds. The smallest absolute Gasteiger partial charge is 0.153 e. The predicted molar refractivity (Wildman–Crippen MR) is 103 cm³/mol. The second kappa shape index (κ2) is 5.76. The Morgan fingerprint density at radius 2 is 1.92 bits per heavy atom. The first-order valence-electron chi connectivity index (χ1n) is 9.07. The van der Waals surface area contributed by atoms with Gasteiger partial charge < -0.3 is 10.2 Å². The van der Waals surface area contributed by atoms with Gasteiger partial charge in [0.15, 0.2) is 5.82 Å². The van der Waals surface area contributed by atoms with E-state index in [4.69, 9.17) is 0 Å². The summed E-state index contributed by atoms with van der Waals surface area (Å²) in [5, 5.41) is 11.0. The Hall–Kier alpha value is -3.02. The van der Waals surface area contributed by atoms with Gasteiger partial charge in [-0.1, -0.05) is 6.07 Å². The maximum Gasteiger partial charge on any atom is 0.153 e. The van der Waals surface area contributed by atoms with Gasteiger partial charge in [0.2, 0.25) is 0 Å². The van der Waals surface area contributed by atoms with Crippen LogP contribution >= 0.6 is 0 Å². The Kier molecular flexibility index (Phi) is 3.38. The van der Waals surface area contributed by atoms with E-state index < -0.39 is 0 Å². The van der Waals surface area contributed by atoms with Crippen LogP contribution in [0.4, 0.5) is 11.5 Å². The SMILES string of the molecule is Cc1cc(C)cc(N2C=C(Nc3cc(C4CC4)[nH]n3)n3ccnc3C2)c1. The lowest BCUT2D eigenvalue weighted by molar-refractivity contribution is 0.805. The number of aromatic nitrogens is 4. The molecule has 1 fully saturated rings. The average molecular weight is 346 g/mol. The van der Waals surface area contributed by atoms with Crippen molar-refractivity contribution in [3.05, 3.63) is 65.5 Å². The minimum atomic E-state index is 0.661. The molecular formula is C20H22N6. The zero-order chi connectivity index (χ0) is 17.7. The molecule has 3 heterocycles. The van der Waals surface area contributed by atoms with Gasteiger partial charge >= 0.3 is 0 Å². The summed E-state index contributed by atoms with van der Waals surface area (Å²) >= 11 is 0. The Bertz CT molecular complexity index is 971. The molecule has 2 aromatic heterocycles. The van der Waals surface area contributed by atoms with Crippen molar-refractivity contribution < 1.29 is 0 Å². The number of rotatable bonds is 4. The van der Waals surface area contributed by atoms with E-state index in [0.29, 0.717) is 5.92 Å². The molecule has 6 heteroatoms. The number of aromatic amines is 1. The second-order valence-electron chi connectivity index (χ2n) is 7.31. The maximum atomic E-state index is 4.52. The largest absolute Gasteiger partial charge is 0.337 e. The van der Waals surface area contributed by atoms with Gasteiger partial charge in [0.05, 0.1) is 6.54 Å². The first-order valence-corrected chi connectivity index (χ1v) is 9.07. The molecule has 0 radical (unpaired) electrons. The summed E-state index contributed by atoms with van der Waals surface area (Å²) in [5.41, 5.74) is 4.93. The lowest BCUT2D eigenvalue weighted by Crippen LogP contribution is -2.27. The molecule has 5 rings (SSSR count). The molecule has 3 aromatic rings. The minimum Gasteiger partial charge on any atom is -0.337 e. The van der Waals surface area contributed by atoms with Gasteiger partial charge in [0.1, 0.15) is 11.6 Å². The second-order valence-corrected chi connectivity index (χ2v) is 7.31. The third-order valence-corrected chi connectivity index (χ3v) is 4.98. The molecule has 2 aliphatic rings. The van der Waals surface area contributed by atoms with Crippen LogP contribution < -0.4 is 10.2 Å². The number of hydrogen-bond acceptors (Lipinski definition) is 4. The van der Waals surface area contributed by atoms with Crippen LogP contribution in [0.5, 0.6) is 0 Å². The van der Waals surface area contributed by atoms with Gasteiger partial charge in [-0.05, 0) is 49.9 Å². The fourth-order valence-electron chi connectivity index (χ4n) is 3.59. The number of nitrogens with one attached hydrogen (secondary N) is 2. The zero-order valence-electron chi connectivity index (χ0n) is 15.0. The molecular weight excluding hydrogens is 324 g/mol. The Morgan fingerprint density at radius 1 is 1.12 bits per heavy atom. The number of H-pyrrole nitrogens is 1. The highest BCUT2D eigenvalue weighted by Crippen LogP contribution is 2.39. The zero-order valence-corrected chi connectivity index (χ0v) is 15.0. The number of hydrogen-bond donors (Lipinski definition) is 2. The van der Waals surface area contributed by atoms with Gasteiger partial charge in [0, 0.05) is 42.0 Å². The Morgan fingerprint density at radius 3 is 2.69 bits per heavy atom. The Labute approximate surface area is 152 Å². The van der Waals surface area contributed by atoms with Crippen molar-refractivity contribution >= 4 is 17.3 Å². The van der Waals surface area contributed by atoms with Crippen molar-refractivity contribution in [3.63, 3.8) is 0 Å². The van der Waals surface area contributed by atoms with Crippen LogP contribution in [-0.4, -0.2) is 19.7 Å². The number of fused-ring (bicyclic) bond motifs is 1. The molecule has 26 heavy (non-hydrogen) atoms. The highest BCUT2D eigenvalue weighted by Gasteiger charge is 2.26. The molecule has 0 unspecified atom stereocenters. The van der Waals surface area contributed by atoms with Crippen LogP contribution in [0, 0.1) is 13.8 Å². The molecule has 6 nitrogen and oxygen atoms in total. The van der Waals surface area contributed by atoms with E-state index in [0.717, 1.165) is 24.0 Å². The molecule has 1 aliphatic carbocycles. The fraction of sp³-hybridized carbons (Fsp3) is 0.300. The van der Waals surface area contributed by atoms with Crippen LogP contribution in [0.2, 0.25) is 0 Å². The molecule has 0 saturated heterocycles. The minimum absolute atomic E-state index is 0.661. The van der Waals surface area contributed by atoms with E-state index in [-0.39, 0.29) is 0 Å². The number of imidazole rings is 1. The summed E-state index contributed by atoms with van der Waals surface area (Å²) < 4.78 is 2.09. The van der Waals surface area contributed by atoms with Crippen molar-refractivity contribution in [2.75, 3.05) is 10.2 Å². The monoisotopic (exact) mass is 346 g/mol. The van der Waals surface area contributed by atoms with Crippen LogP contribution in [0.1, 0.15) is 41.4 Å². The van der Waals surface area contributed by atoms with E-state index in [1.54, 1.807) is 0 Å². The van der Waals surface area contributed by atoms with E-state index >= 15 is 0 Å². The number of nitrogens with zero attached hydrogens (tertiary/aromatic N) is 4. The normalized spacial score (nSPS) is 16.4. The lowest BCUT2D eigenvalue weighted by atomic mass is 10.1. The summed E-state index contributed by atoms with van der Waals surface area (Å²) in [6.45, 7) is 5.01. The molecule has 0 spiro atoms. The van der Waals surface area contributed by atoms with E-state index in [1.165, 1.54) is 35.3 Å². The van der Waals surface area contributed by atoms with Crippen LogP contribution in [0.3, 0.4) is 0 Å². The average Bonchev–Trinajstić information content (AvgIpc) is 3.15. The van der Waals surface area contributed by atoms with Crippen molar-refractivity contribution in [3.8, 4) is 0 Å². The van der Waals surface area contributed by atoms with E-state index in [2.05, 4.69) is 74.3 Å². The van der Waals surface area contributed by atoms with Gasteiger partial charge in [-0.25, -0.2) is 4.98 Å². The maximum absolute atomic E-state index is 4.52. The van der Waals surface area contributed by atoms with Crippen molar-refractivity contribution in [2.24, 2.45) is 0 Å². The fourth-order valence-corrected chi connectivity index (χ4v) is 3.59. The van der Waals surface area contributed by atoms with Crippen LogP contribution in [-0.2, 0) is 6.54 Å². The van der Waals surface area contributed by atoms with E-state index in [1.807, 2.05) is 12.4 Å². The number of aryl methyl sites for hydroxylation is 2. The predicted octanol–water partition coefficient (Wildman–Crippen LogP) is 3.99. The third-order valence-electron chi connectivity index (χ3n) is 4.98. The summed E-state index contributed by atoms with van der Waals surface area (Å²) in [6.07, 6.45) is 8.48. The van der Waals surface area contributed by atoms with Crippen molar-refractivity contribution in [1.82, 2.24) is 19.7 Å². The van der Waals surface area contributed by atoms with Crippen LogP contribution in [0.15, 0.2) is 42.9 Å². The van der Waals surface area contributed by atoms with Gasteiger partial charge in [-0.2, -0.15) is 5.10 Å². The van der Waals surface area contributed by atoms with Crippen LogP contribution in [0.25, 0.3) is 5.82 Å². The number of benzene rings is 1. The van der Waals surface area contributed by atoms with E-state index in [9.17, 15) is 0 Å². The molecule has 1 aliphatic heterocycles. The summed E-state index contributed by atoms with van der Waals surface area (Å²) in [4.78, 5) is 6.76. The quantitative estimate of drug-likeness (QED) is 0.750. The summed E-state index contributed by atoms with van der Waals surface area (Å²) in [7, 11) is 0. The molecule has 132 valence electrons. The number of anilines is 2. The van der Waals surface area contributed by atoms with Gasteiger partial charge in [-0.15, -0.1) is 0 Å². The topological polar surface area (TPSA) is 61.8 Å². The first kappa shape index (κ1) is 15.3. The standard InChI is InChI=1S/C20H22N6/c1-13-7-14(2)9-16(8-13)25-11-19-21-5-6-26(19)20(12-25)22-18-10-17(23-24-18)15-3-4-15/h5-10,12,15H,3-4,11H2,1-2H3,(H2,22,23,24). The lowest BCUT2D eigenvalue weighted by Gasteiger charge is -2.28.